The Morgan fingerprint density at radius 2 is 2.00 bits per heavy atom. The van der Waals surface area contributed by atoms with Crippen molar-refractivity contribution in [2.75, 3.05) is 11.6 Å². The third-order valence-corrected chi connectivity index (χ3v) is 3.86. The Hall–Kier alpha value is -0.825. The van der Waals surface area contributed by atoms with Crippen molar-refractivity contribution in [3.63, 3.8) is 0 Å². The fourth-order valence-corrected chi connectivity index (χ4v) is 2.53. The first-order valence-electron chi connectivity index (χ1n) is 6.32. The Morgan fingerprint density at radius 1 is 1.32 bits per heavy atom. The van der Waals surface area contributed by atoms with Crippen LogP contribution in [-0.4, -0.2) is 50.6 Å². The molecule has 6 nitrogen and oxygen atoms in total. The Balaban J connectivity index is 2.13. The molecule has 0 spiro atoms. The summed E-state index contributed by atoms with van der Waals surface area (Å²) in [6.45, 7) is 0. The minimum Gasteiger partial charge on any atom is -0.423 e. The first kappa shape index (κ1) is 14.6. The minimum absolute atomic E-state index is 0.200. The third-order valence-electron chi connectivity index (χ3n) is 3.29. The second-order valence-corrected chi connectivity index (χ2v) is 5.46. The molecule has 1 fully saturated rings. The standard InChI is InChI=1S/C11H18BN3O3S/c1-19-11-13-6-9(12(17)18)10(15-11)14-7-2-4-8(16)5-3-7/h6-8,16-18H,2-5H2,1H3,(H,13,14,15). The van der Waals surface area contributed by atoms with E-state index in [0.29, 0.717) is 11.0 Å². The van der Waals surface area contributed by atoms with E-state index < -0.39 is 7.12 Å². The zero-order valence-electron chi connectivity index (χ0n) is 10.8. The summed E-state index contributed by atoms with van der Waals surface area (Å²) in [7, 11) is -1.59. The maximum atomic E-state index is 9.48. The molecule has 4 N–H and O–H groups in total. The molecular weight excluding hydrogens is 265 g/mol. The highest BCUT2D eigenvalue weighted by Gasteiger charge is 2.23. The number of hydrogen-bond donors (Lipinski definition) is 4. The molecule has 0 aliphatic heterocycles. The van der Waals surface area contributed by atoms with Crippen molar-refractivity contribution in [2.45, 2.75) is 43.0 Å². The summed E-state index contributed by atoms with van der Waals surface area (Å²) in [4.78, 5) is 8.32. The van der Waals surface area contributed by atoms with Gasteiger partial charge >= 0.3 is 7.12 Å². The Kier molecular flexibility index (Phi) is 5.03. The number of nitrogens with zero attached hydrogens (tertiary/aromatic N) is 2. The molecule has 0 atom stereocenters. The molecule has 0 unspecified atom stereocenters. The van der Waals surface area contributed by atoms with E-state index in [1.165, 1.54) is 18.0 Å². The average molecular weight is 283 g/mol. The van der Waals surface area contributed by atoms with Crippen molar-refractivity contribution >= 4 is 30.2 Å². The van der Waals surface area contributed by atoms with E-state index in [2.05, 4.69) is 15.3 Å². The lowest BCUT2D eigenvalue weighted by molar-refractivity contribution is 0.126. The maximum Gasteiger partial charge on any atom is 0.493 e. The molecule has 0 bridgehead atoms. The summed E-state index contributed by atoms with van der Waals surface area (Å²) in [6, 6.07) is 0.200. The van der Waals surface area contributed by atoms with Gasteiger partial charge < -0.3 is 20.5 Å². The smallest absolute Gasteiger partial charge is 0.423 e. The number of aliphatic hydroxyl groups excluding tert-OH is 1. The molecule has 1 saturated carbocycles. The predicted molar refractivity (Wildman–Crippen MR) is 75.5 cm³/mol. The molecule has 104 valence electrons. The van der Waals surface area contributed by atoms with Crippen molar-refractivity contribution in [1.82, 2.24) is 9.97 Å². The molecule has 1 aliphatic rings. The first-order valence-corrected chi connectivity index (χ1v) is 7.54. The van der Waals surface area contributed by atoms with Gasteiger partial charge in [0.15, 0.2) is 5.16 Å². The van der Waals surface area contributed by atoms with E-state index in [0.717, 1.165) is 25.7 Å². The SMILES string of the molecule is CSc1ncc(B(O)O)c(NC2CCC(O)CC2)n1. The normalized spacial score (nSPS) is 23.2. The summed E-state index contributed by atoms with van der Waals surface area (Å²) in [5.41, 5.74) is 0.281. The van der Waals surface area contributed by atoms with Gasteiger partial charge in [0.2, 0.25) is 0 Å². The van der Waals surface area contributed by atoms with Crippen molar-refractivity contribution in [3.8, 4) is 0 Å². The second kappa shape index (κ2) is 6.56. The van der Waals surface area contributed by atoms with Crippen LogP contribution in [-0.2, 0) is 0 Å². The molecule has 0 radical (unpaired) electrons. The fourth-order valence-electron chi connectivity index (χ4n) is 2.19. The van der Waals surface area contributed by atoms with E-state index >= 15 is 0 Å². The zero-order chi connectivity index (χ0) is 13.8. The zero-order valence-corrected chi connectivity index (χ0v) is 11.6. The van der Waals surface area contributed by atoms with E-state index in [1.54, 1.807) is 0 Å². The number of aromatic nitrogens is 2. The van der Waals surface area contributed by atoms with Crippen LogP contribution >= 0.6 is 11.8 Å². The van der Waals surface area contributed by atoms with Crippen LogP contribution in [0.4, 0.5) is 5.82 Å². The number of nitrogens with one attached hydrogen (secondary N) is 1. The van der Waals surface area contributed by atoms with Crippen molar-refractivity contribution in [3.05, 3.63) is 6.20 Å². The van der Waals surface area contributed by atoms with Gasteiger partial charge in [-0.2, -0.15) is 0 Å². The summed E-state index contributed by atoms with van der Waals surface area (Å²) in [5.74, 6) is 0.468. The number of thioether (sulfide) groups is 1. The third kappa shape index (κ3) is 3.82. The monoisotopic (exact) mass is 283 g/mol. The molecule has 0 amide bonds. The lowest BCUT2D eigenvalue weighted by atomic mass is 9.81. The molecule has 0 saturated heterocycles. The predicted octanol–water partition coefficient (Wildman–Crippen LogP) is -0.406. The number of aliphatic hydroxyl groups is 1. The molecule has 2 rings (SSSR count). The molecule has 1 aromatic heterocycles. The Morgan fingerprint density at radius 3 is 2.58 bits per heavy atom. The van der Waals surface area contributed by atoms with Crippen molar-refractivity contribution in [1.29, 1.82) is 0 Å². The van der Waals surface area contributed by atoms with Crippen LogP contribution < -0.4 is 10.8 Å². The summed E-state index contributed by atoms with van der Waals surface area (Å²) in [5, 5.41) is 32.0. The van der Waals surface area contributed by atoms with Crippen LogP contribution in [0.3, 0.4) is 0 Å². The Labute approximate surface area is 116 Å². The van der Waals surface area contributed by atoms with E-state index in [4.69, 9.17) is 0 Å². The van der Waals surface area contributed by atoms with Gasteiger partial charge in [0.1, 0.15) is 5.82 Å². The lowest BCUT2D eigenvalue weighted by Gasteiger charge is -2.27. The van der Waals surface area contributed by atoms with E-state index in [9.17, 15) is 15.2 Å². The van der Waals surface area contributed by atoms with Gasteiger partial charge in [0.25, 0.3) is 0 Å². The topological polar surface area (TPSA) is 98.5 Å². The highest BCUT2D eigenvalue weighted by Crippen LogP contribution is 2.21. The second-order valence-electron chi connectivity index (χ2n) is 4.68. The quantitative estimate of drug-likeness (QED) is 0.339. The highest BCUT2D eigenvalue weighted by molar-refractivity contribution is 7.98. The number of anilines is 1. The average Bonchev–Trinajstić information content (AvgIpc) is 2.41. The van der Waals surface area contributed by atoms with Crippen LogP contribution in [0.15, 0.2) is 11.4 Å². The largest absolute Gasteiger partial charge is 0.493 e. The van der Waals surface area contributed by atoms with Gasteiger partial charge in [-0.3, -0.25) is 0 Å². The van der Waals surface area contributed by atoms with Crippen LogP contribution in [0, 0.1) is 0 Å². The van der Waals surface area contributed by atoms with E-state index in [1.807, 2.05) is 6.26 Å². The molecule has 0 aromatic carbocycles. The van der Waals surface area contributed by atoms with Crippen molar-refractivity contribution < 1.29 is 15.2 Å². The number of rotatable bonds is 4. The summed E-state index contributed by atoms with van der Waals surface area (Å²) in [6.07, 6.45) is 6.30. The van der Waals surface area contributed by atoms with Gasteiger partial charge in [-0.25, -0.2) is 9.97 Å². The van der Waals surface area contributed by atoms with Gasteiger partial charge in [-0.15, -0.1) is 0 Å². The van der Waals surface area contributed by atoms with E-state index in [-0.39, 0.29) is 17.6 Å². The molecule has 1 heterocycles. The van der Waals surface area contributed by atoms with Gasteiger partial charge in [0, 0.05) is 17.7 Å². The fraction of sp³-hybridized carbons (Fsp3) is 0.636. The maximum absolute atomic E-state index is 9.48. The molecular formula is C11H18BN3O3S. The Bertz CT molecular complexity index is 428. The van der Waals surface area contributed by atoms with Crippen molar-refractivity contribution in [2.24, 2.45) is 0 Å². The summed E-state index contributed by atoms with van der Waals surface area (Å²) >= 11 is 1.40. The van der Waals surface area contributed by atoms with Crippen LogP contribution in [0.1, 0.15) is 25.7 Å². The van der Waals surface area contributed by atoms with Crippen LogP contribution in [0.2, 0.25) is 0 Å². The van der Waals surface area contributed by atoms with Crippen LogP contribution in [0.5, 0.6) is 0 Å². The van der Waals surface area contributed by atoms with Crippen LogP contribution in [0.25, 0.3) is 0 Å². The first-order chi connectivity index (χ1) is 9.10. The van der Waals surface area contributed by atoms with Gasteiger partial charge in [0.05, 0.1) is 6.10 Å². The molecule has 1 aromatic rings. The number of hydrogen-bond acceptors (Lipinski definition) is 7. The summed E-state index contributed by atoms with van der Waals surface area (Å²) < 4.78 is 0. The minimum atomic E-state index is -1.59. The molecule has 8 heteroatoms. The molecule has 19 heavy (non-hydrogen) atoms. The molecule has 1 aliphatic carbocycles. The van der Waals surface area contributed by atoms with Gasteiger partial charge in [-0.1, -0.05) is 11.8 Å². The van der Waals surface area contributed by atoms with Gasteiger partial charge in [-0.05, 0) is 31.9 Å². The lowest BCUT2D eigenvalue weighted by Crippen LogP contribution is -2.37. The highest BCUT2D eigenvalue weighted by atomic mass is 32.2.